The zero-order valence-corrected chi connectivity index (χ0v) is 24.4. The number of imidazole rings is 1. The summed E-state index contributed by atoms with van der Waals surface area (Å²) in [5.74, 6) is 1.88. The normalized spacial score (nSPS) is 13.7. The molecule has 41 heavy (non-hydrogen) atoms. The summed E-state index contributed by atoms with van der Waals surface area (Å²) >= 11 is 5.30. The van der Waals surface area contributed by atoms with E-state index in [-0.39, 0.29) is 5.91 Å². The predicted octanol–water partition coefficient (Wildman–Crippen LogP) is 5.51. The first-order valence-corrected chi connectivity index (χ1v) is 15.0. The Hall–Kier alpha value is -4.35. The minimum atomic E-state index is 0.0134. The van der Waals surface area contributed by atoms with Crippen LogP contribution in [0.2, 0.25) is 0 Å². The number of halogens is 1. The number of carbonyl (C=O) groups is 1. The highest BCUT2D eigenvalue weighted by Crippen LogP contribution is 2.30. The van der Waals surface area contributed by atoms with Crippen LogP contribution in [-0.2, 0) is 6.54 Å². The van der Waals surface area contributed by atoms with Crippen molar-refractivity contribution >= 4 is 49.8 Å². The van der Waals surface area contributed by atoms with E-state index < -0.39 is 0 Å². The van der Waals surface area contributed by atoms with E-state index in [4.69, 9.17) is 0 Å². The molecule has 204 valence electrons. The summed E-state index contributed by atoms with van der Waals surface area (Å²) in [6.07, 6.45) is 7.49. The summed E-state index contributed by atoms with van der Waals surface area (Å²) in [4.78, 5) is 27.9. The molecule has 9 nitrogen and oxygen atoms in total. The van der Waals surface area contributed by atoms with Gasteiger partial charge in [0, 0.05) is 65.6 Å². The molecule has 1 aliphatic rings. The maximum Gasteiger partial charge on any atom is 0.254 e. The summed E-state index contributed by atoms with van der Waals surface area (Å²) in [6, 6.07) is 19.8. The molecule has 7 rings (SSSR count). The lowest BCUT2D eigenvalue weighted by Gasteiger charge is -2.36. The van der Waals surface area contributed by atoms with Crippen LogP contribution in [0.4, 0.5) is 5.82 Å². The van der Waals surface area contributed by atoms with Crippen molar-refractivity contribution in [3.63, 3.8) is 0 Å². The molecule has 4 aromatic heterocycles. The molecule has 11 heteroatoms. The quantitative estimate of drug-likeness (QED) is 0.243. The third-order valence-electron chi connectivity index (χ3n) is 7.29. The van der Waals surface area contributed by atoms with Gasteiger partial charge < -0.3 is 14.4 Å². The molecule has 0 bridgehead atoms. The van der Waals surface area contributed by atoms with Crippen LogP contribution in [0.15, 0.2) is 95.3 Å². The summed E-state index contributed by atoms with van der Waals surface area (Å²) in [6.45, 7) is 3.25. The second kappa shape index (κ2) is 10.9. The number of rotatable bonds is 6. The number of pyridine rings is 1. The lowest BCUT2D eigenvalue weighted by molar-refractivity contribution is 0.0746. The minimum Gasteiger partial charge on any atom is -0.353 e. The zero-order chi connectivity index (χ0) is 27.8. The Morgan fingerprint density at radius 2 is 1.80 bits per heavy atom. The van der Waals surface area contributed by atoms with E-state index in [9.17, 15) is 4.79 Å². The van der Waals surface area contributed by atoms with Crippen molar-refractivity contribution < 1.29 is 4.79 Å². The van der Waals surface area contributed by atoms with Gasteiger partial charge in [-0.25, -0.2) is 14.6 Å². The molecule has 0 aliphatic carbocycles. The lowest BCUT2D eigenvalue weighted by Crippen LogP contribution is -2.49. The molecule has 0 saturated carbocycles. The van der Waals surface area contributed by atoms with Crippen LogP contribution in [0.5, 0.6) is 0 Å². The highest BCUT2D eigenvalue weighted by Gasteiger charge is 2.24. The fourth-order valence-corrected chi connectivity index (χ4v) is 6.46. The van der Waals surface area contributed by atoms with Gasteiger partial charge in [-0.1, -0.05) is 45.4 Å². The van der Waals surface area contributed by atoms with Gasteiger partial charge in [-0.05, 0) is 41.8 Å². The second-order valence-corrected chi connectivity index (χ2v) is 11.6. The van der Waals surface area contributed by atoms with Crippen LogP contribution in [0.25, 0.3) is 27.2 Å². The first kappa shape index (κ1) is 25.6. The van der Waals surface area contributed by atoms with Crippen LogP contribution >= 0.6 is 27.3 Å². The standard InChI is InChI=1S/C30H25BrN8OS/c31-26-7-2-6-25-24(26)9-10-32-28(25)36-13-15-37(16-14-36)30(40)21-4-1-5-23(18-21)39-20-22(34-35-39)19-38-12-11-33-29(38)27-8-3-17-41-27/h1-12,17-18,20H,13-16,19H2. The first-order valence-electron chi connectivity index (χ1n) is 13.3. The molecule has 1 saturated heterocycles. The van der Waals surface area contributed by atoms with Gasteiger partial charge in [0.05, 0.1) is 23.3 Å². The molecule has 1 fully saturated rings. The predicted molar refractivity (Wildman–Crippen MR) is 164 cm³/mol. The van der Waals surface area contributed by atoms with Crippen molar-refractivity contribution in [1.82, 2.24) is 34.4 Å². The topological polar surface area (TPSA) is 85.0 Å². The van der Waals surface area contributed by atoms with Gasteiger partial charge in [0.2, 0.25) is 0 Å². The van der Waals surface area contributed by atoms with E-state index in [1.54, 1.807) is 22.2 Å². The zero-order valence-electron chi connectivity index (χ0n) is 22.0. The van der Waals surface area contributed by atoms with Crippen molar-refractivity contribution in [2.45, 2.75) is 6.54 Å². The maximum atomic E-state index is 13.5. The number of amides is 1. The third-order valence-corrected chi connectivity index (χ3v) is 8.84. The average molecular weight is 626 g/mol. The van der Waals surface area contributed by atoms with Crippen LogP contribution in [0.3, 0.4) is 0 Å². The Bertz CT molecular complexity index is 1840. The van der Waals surface area contributed by atoms with Gasteiger partial charge in [0.1, 0.15) is 17.3 Å². The molecular weight excluding hydrogens is 600 g/mol. The molecule has 1 amide bonds. The van der Waals surface area contributed by atoms with E-state index in [0.717, 1.165) is 56.2 Å². The van der Waals surface area contributed by atoms with E-state index in [2.05, 4.69) is 57.8 Å². The van der Waals surface area contributed by atoms with Crippen LogP contribution in [0, 0.1) is 0 Å². The van der Waals surface area contributed by atoms with Crippen molar-refractivity contribution in [2.75, 3.05) is 31.1 Å². The van der Waals surface area contributed by atoms with E-state index >= 15 is 0 Å². The molecule has 1 aliphatic heterocycles. The molecule has 0 spiro atoms. The Labute approximate surface area is 248 Å². The van der Waals surface area contributed by atoms with E-state index in [1.165, 1.54) is 0 Å². The third kappa shape index (κ3) is 5.02. The largest absolute Gasteiger partial charge is 0.353 e. The number of benzene rings is 2. The molecular formula is C30H25BrN8OS. The second-order valence-electron chi connectivity index (χ2n) is 9.81. The molecule has 6 aromatic rings. The Balaban J connectivity index is 1.04. The maximum absolute atomic E-state index is 13.5. The van der Waals surface area contributed by atoms with E-state index in [1.807, 2.05) is 77.4 Å². The van der Waals surface area contributed by atoms with E-state index in [0.29, 0.717) is 25.2 Å². The number of fused-ring (bicyclic) bond motifs is 1. The molecule has 2 aromatic carbocycles. The van der Waals surface area contributed by atoms with Crippen LogP contribution in [-0.4, -0.2) is 66.5 Å². The van der Waals surface area contributed by atoms with Gasteiger partial charge in [-0.2, -0.15) is 0 Å². The van der Waals surface area contributed by atoms with Gasteiger partial charge in [-0.3, -0.25) is 4.79 Å². The number of aromatic nitrogens is 6. The molecule has 0 atom stereocenters. The summed E-state index contributed by atoms with van der Waals surface area (Å²) in [5, 5.41) is 13.0. The summed E-state index contributed by atoms with van der Waals surface area (Å²) in [5.41, 5.74) is 2.24. The van der Waals surface area contributed by atoms with Crippen LogP contribution < -0.4 is 4.90 Å². The van der Waals surface area contributed by atoms with Gasteiger partial charge in [0.15, 0.2) is 0 Å². The average Bonchev–Trinajstić information content (AvgIpc) is 3.80. The first-order chi connectivity index (χ1) is 20.1. The Morgan fingerprint density at radius 3 is 2.66 bits per heavy atom. The van der Waals surface area contributed by atoms with Gasteiger partial charge in [0.25, 0.3) is 5.91 Å². The monoisotopic (exact) mass is 624 g/mol. The fraction of sp³-hybridized carbons (Fsp3) is 0.167. The van der Waals surface area contributed by atoms with Crippen molar-refractivity contribution in [3.05, 3.63) is 107 Å². The molecule has 5 heterocycles. The van der Waals surface area contributed by atoms with Gasteiger partial charge >= 0.3 is 0 Å². The van der Waals surface area contributed by atoms with Gasteiger partial charge in [-0.15, -0.1) is 16.4 Å². The number of hydrogen-bond acceptors (Lipinski definition) is 7. The number of nitrogens with zero attached hydrogens (tertiary/aromatic N) is 8. The molecule has 0 radical (unpaired) electrons. The van der Waals surface area contributed by atoms with Crippen molar-refractivity contribution in [2.24, 2.45) is 0 Å². The molecule has 0 unspecified atom stereocenters. The number of thiophene rings is 1. The number of anilines is 1. The number of carbonyl (C=O) groups excluding carboxylic acids is 1. The summed E-state index contributed by atoms with van der Waals surface area (Å²) < 4.78 is 4.83. The number of piperazine rings is 1. The lowest BCUT2D eigenvalue weighted by atomic mass is 10.1. The smallest absolute Gasteiger partial charge is 0.254 e. The van der Waals surface area contributed by atoms with Crippen molar-refractivity contribution in [1.29, 1.82) is 0 Å². The Morgan fingerprint density at radius 1 is 0.927 bits per heavy atom. The van der Waals surface area contributed by atoms with Crippen LogP contribution in [0.1, 0.15) is 16.1 Å². The Kier molecular flexibility index (Phi) is 6.81. The highest BCUT2D eigenvalue weighted by molar-refractivity contribution is 9.10. The SMILES string of the molecule is O=C(c1cccc(-n2cc(Cn3ccnc3-c3cccs3)nn2)c1)N1CCN(c2nccc3c(Br)cccc23)CC1. The number of hydrogen-bond donors (Lipinski definition) is 0. The minimum absolute atomic E-state index is 0.0134. The molecule has 0 N–H and O–H groups in total. The highest BCUT2D eigenvalue weighted by atomic mass is 79.9. The van der Waals surface area contributed by atoms with Crippen molar-refractivity contribution in [3.8, 4) is 16.4 Å². The summed E-state index contributed by atoms with van der Waals surface area (Å²) in [7, 11) is 0. The fourth-order valence-electron chi connectivity index (χ4n) is 5.23.